The van der Waals surface area contributed by atoms with Gasteiger partial charge in [-0.3, -0.25) is 0 Å². The molecule has 0 spiro atoms. The molecule has 3 aromatic heterocycles. The van der Waals surface area contributed by atoms with Gasteiger partial charge in [0.25, 0.3) is 0 Å². The van der Waals surface area contributed by atoms with Gasteiger partial charge < -0.3 is 13.4 Å². The standard InChI is InChI=1S/C49H28N2O2/c50-29-35-25-34(36-16-9-17-39-38-15-7-8-20-46(38)52-48(36)39)27-42-40-18-10-19-44(49(40)53-47(35)42)51-43-24-22-32(30-11-3-1-4-12-30)26-41(43)37-23-21-33(28-45(37)51)31-13-5-2-6-14-31/h1-28H. The van der Waals surface area contributed by atoms with Gasteiger partial charge in [-0.25, -0.2) is 0 Å². The Balaban J connectivity index is 1.18. The Morgan fingerprint density at radius 1 is 0.396 bits per heavy atom. The zero-order valence-corrected chi connectivity index (χ0v) is 28.4. The molecule has 11 aromatic rings. The SMILES string of the molecule is N#Cc1cc(-c2cccc3c2oc2ccccc23)cc2c1oc1c(-n3c4ccc(-c5ccccc5)cc4c4ccc(-c5ccccc5)cc43)cccc12. The predicted octanol–water partition coefficient (Wildman–Crippen LogP) is 13.5. The Hall–Kier alpha value is -7.35. The van der Waals surface area contributed by atoms with E-state index in [0.29, 0.717) is 11.1 Å². The van der Waals surface area contributed by atoms with Crippen LogP contribution in [0.25, 0.3) is 105 Å². The van der Waals surface area contributed by atoms with Crippen molar-refractivity contribution in [2.45, 2.75) is 0 Å². The van der Waals surface area contributed by atoms with Crippen LogP contribution in [0, 0.1) is 11.3 Å². The molecule has 3 heterocycles. The lowest BCUT2D eigenvalue weighted by molar-refractivity contribution is 0.665. The first-order valence-electron chi connectivity index (χ1n) is 17.7. The second-order valence-corrected chi connectivity index (χ2v) is 13.6. The fraction of sp³-hybridized carbons (Fsp3) is 0. The summed E-state index contributed by atoms with van der Waals surface area (Å²) in [6, 6.07) is 61.5. The van der Waals surface area contributed by atoms with Crippen molar-refractivity contribution in [3.05, 3.63) is 175 Å². The van der Waals surface area contributed by atoms with Crippen LogP contribution in [-0.2, 0) is 0 Å². The Kier molecular flexibility index (Phi) is 6.28. The van der Waals surface area contributed by atoms with Crippen LogP contribution in [0.1, 0.15) is 5.56 Å². The predicted molar refractivity (Wildman–Crippen MR) is 216 cm³/mol. The number of rotatable bonds is 4. The number of para-hydroxylation sites is 3. The average Bonchev–Trinajstić information content (AvgIpc) is 3.90. The molecule has 246 valence electrons. The maximum absolute atomic E-state index is 10.5. The number of nitriles is 1. The van der Waals surface area contributed by atoms with Crippen LogP contribution in [-0.4, -0.2) is 4.57 Å². The molecule has 0 atom stereocenters. The van der Waals surface area contributed by atoms with Crippen LogP contribution in [0.2, 0.25) is 0 Å². The molecule has 8 aromatic carbocycles. The van der Waals surface area contributed by atoms with E-state index in [4.69, 9.17) is 8.83 Å². The number of fused-ring (bicyclic) bond motifs is 9. The third-order valence-electron chi connectivity index (χ3n) is 10.6. The van der Waals surface area contributed by atoms with Gasteiger partial charge in [0.15, 0.2) is 11.2 Å². The van der Waals surface area contributed by atoms with Crippen molar-refractivity contribution < 1.29 is 8.83 Å². The maximum Gasteiger partial charge on any atom is 0.159 e. The van der Waals surface area contributed by atoms with E-state index in [1.165, 1.54) is 5.56 Å². The summed E-state index contributed by atoms with van der Waals surface area (Å²) < 4.78 is 15.5. The first-order valence-corrected chi connectivity index (χ1v) is 17.7. The number of benzene rings is 8. The van der Waals surface area contributed by atoms with Crippen LogP contribution < -0.4 is 0 Å². The van der Waals surface area contributed by atoms with Crippen molar-refractivity contribution in [1.82, 2.24) is 4.57 Å². The van der Waals surface area contributed by atoms with E-state index < -0.39 is 0 Å². The molecule has 0 saturated heterocycles. The van der Waals surface area contributed by atoms with Crippen LogP contribution >= 0.6 is 0 Å². The summed E-state index contributed by atoms with van der Waals surface area (Å²) in [6.45, 7) is 0. The highest BCUT2D eigenvalue weighted by Crippen LogP contribution is 2.43. The topological polar surface area (TPSA) is 55.0 Å². The van der Waals surface area contributed by atoms with E-state index in [1.807, 2.05) is 36.4 Å². The van der Waals surface area contributed by atoms with Gasteiger partial charge in [-0.05, 0) is 70.3 Å². The lowest BCUT2D eigenvalue weighted by Crippen LogP contribution is -1.94. The Bertz CT molecular complexity index is 3280. The molecule has 0 aliphatic heterocycles. The minimum atomic E-state index is 0.480. The number of aromatic nitrogens is 1. The van der Waals surface area contributed by atoms with Gasteiger partial charge in [0.1, 0.15) is 17.2 Å². The summed E-state index contributed by atoms with van der Waals surface area (Å²) in [6.07, 6.45) is 0. The van der Waals surface area contributed by atoms with Gasteiger partial charge >= 0.3 is 0 Å². The molecular weight excluding hydrogens is 649 g/mol. The molecule has 0 saturated carbocycles. The third-order valence-corrected chi connectivity index (χ3v) is 10.6. The van der Waals surface area contributed by atoms with E-state index in [2.05, 4.69) is 144 Å². The quantitative estimate of drug-likeness (QED) is 0.186. The fourth-order valence-corrected chi connectivity index (χ4v) is 8.18. The van der Waals surface area contributed by atoms with Crippen molar-refractivity contribution in [2.75, 3.05) is 0 Å². The van der Waals surface area contributed by atoms with E-state index >= 15 is 0 Å². The number of furan rings is 2. The monoisotopic (exact) mass is 676 g/mol. The summed E-state index contributed by atoms with van der Waals surface area (Å²) in [7, 11) is 0. The molecule has 0 aliphatic rings. The molecule has 0 bridgehead atoms. The highest BCUT2D eigenvalue weighted by Gasteiger charge is 2.22. The van der Waals surface area contributed by atoms with Crippen LogP contribution in [0.3, 0.4) is 0 Å². The zero-order valence-electron chi connectivity index (χ0n) is 28.4. The highest BCUT2D eigenvalue weighted by molar-refractivity contribution is 6.16. The molecule has 11 rings (SSSR count). The van der Waals surface area contributed by atoms with Crippen molar-refractivity contribution in [2.24, 2.45) is 0 Å². The smallest absolute Gasteiger partial charge is 0.159 e. The minimum absolute atomic E-state index is 0.480. The Morgan fingerprint density at radius 3 is 1.85 bits per heavy atom. The first-order chi connectivity index (χ1) is 26.2. The second-order valence-electron chi connectivity index (χ2n) is 13.6. The highest BCUT2D eigenvalue weighted by atomic mass is 16.3. The lowest BCUT2D eigenvalue weighted by Gasteiger charge is -2.10. The Morgan fingerprint density at radius 2 is 1.06 bits per heavy atom. The molecular formula is C49H28N2O2. The third kappa shape index (κ3) is 4.41. The molecule has 0 aliphatic carbocycles. The van der Waals surface area contributed by atoms with Gasteiger partial charge in [0.2, 0.25) is 0 Å². The van der Waals surface area contributed by atoms with Gasteiger partial charge in [-0.2, -0.15) is 5.26 Å². The first kappa shape index (κ1) is 29.4. The number of nitrogens with zero attached hydrogens (tertiary/aromatic N) is 2. The second kappa shape index (κ2) is 11.3. The van der Waals surface area contributed by atoms with Crippen molar-refractivity contribution in [3.8, 4) is 45.1 Å². The van der Waals surface area contributed by atoms with Crippen molar-refractivity contribution in [3.63, 3.8) is 0 Å². The largest absolute Gasteiger partial charge is 0.455 e. The lowest BCUT2D eigenvalue weighted by atomic mass is 9.98. The molecule has 53 heavy (non-hydrogen) atoms. The van der Waals surface area contributed by atoms with Crippen molar-refractivity contribution >= 4 is 65.7 Å². The molecule has 0 amide bonds. The average molecular weight is 677 g/mol. The summed E-state index contributed by atoms with van der Waals surface area (Å²) in [4.78, 5) is 0. The van der Waals surface area contributed by atoms with Crippen molar-refractivity contribution in [1.29, 1.82) is 5.26 Å². The van der Waals surface area contributed by atoms with Crippen LogP contribution in [0.5, 0.6) is 0 Å². The van der Waals surface area contributed by atoms with E-state index in [0.717, 1.165) is 93.6 Å². The summed E-state index contributed by atoms with van der Waals surface area (Å²) in [5.41, 5.74) is 13.0. The summed E-state index contributed by atoms with van der Waals surface area (Å²) >= 11 is 0. The molecule has 0 unspecified atom stereocenters. The number of hydrogen-bond donors (Lipinski definition) is 0. The fourth-order valence-electron chi connectivity index (χ4n) is 8.18. The van der Waals surface area contributed by atoms with Gasteiger partial charge in [-0.1, -0.05) is 127 Å². The van der Waals surface area contributed by atoms with E-state index in [-0.39, 0.29) is 0 Å². The van der Waals surface area contributed by atoms with E-state index in [1.54, 1.807) is 0 Å². The normalized spacial score (nSPS) is 11.8. The molecule has 0 radical (unpaired) electrons. The van der Waals surface area contributed by atoms with Crippen LogP contribution in [0.15, 0.2) is 179 Å². The van der Waals surface area contributed by atoms with Gasteiger partial charge in [-0.15, -0.1) is 0 Å². The summed E-state index contributed by atoms with van der Waals surface area (Å²) in [5, 5.41) is 16.8. The molecule has 4 nitrogen and oxygen atoms in total. The molecule has 4 heteroatoms. The number of hydrogen-bond acceptors (Lipinski definition) is 3. The summed E-state index contributed by atoms with van der Waals surface area (Å²) in [5.74, 6) is 0. The minimum Gasteiger partial charge on any atom is -0.455 e. The van der Waals surface area contributed by atoms with Crippen LogP contribution in [0.4, 0.5) is 0 Å². The zero-order chi connectivity index (χ0) is 35.0. The molecule has 0 N–H and O–H groups in total. The maximum atomic E-state index is 10.5. The van der Waals surface area contributed by atoms with E-state index in [9.17, 15) is 5.26 Å². The van der Waals surface area contributed by atoms with Gasteiger partial charge in [0.05, 0.1) is 22.3 Å². The van der Waals surface area contributed by atoms with Gasteiger partial charge in [0, 0.05) is 37.9 Å². The molecule has 0 fully saturated rings. The Labute approximate surface area is 304 Å².